The van der Waals surface area contributed by atoms with Gasteiger partial charge in [-0.2, -0.15) is 9.22 Å². The van der Waals surface area contributed by atoms with Crippen molar-refractivity contribution >= 4 is 12.0 Å². The Morgan fingerprint density at radius 3 is 2.67 bits per heavy atom. The Bertz CT molecular complexity index is 20.8. The first-order valence-electron chi connectivity index (χ1n) is 1.35. The second-order valence-corrected chi connectivity index (χ2v) is 0.951. The van der Waals surface area contributed by atoms with Gasteiger partial charge < -0.3 is 5.11 Å². The smallest absolute Gasteiger partial charge is 0.179 e. The predicted molar refractivity (Wildman–Crippen MR) is 22.8 cm³/mol. The molecule has 0 radical (unpaired) electrons. The Balaban J connectivity index is 2.34. The van der Waals surface area contributed by atoms with Gasteiger partial charge in [-0.05, 0) is 0 Å². The van der Waals surface area contributed by atoms with Crippen molar-refractivity contribution < 1.29 is 14.3 Å². The molecular formula is C2H6O3S. The SMILES string of the molecule is CSOOCO. The van der Waals surface area contributed by atoms with Crippen molar-refractivity contribution in [3.8, 4) is 0 Å². The Hall–Kier alpha value is 0.230. The summed E-state index contributed by atoms with van der Waals surface area (Å²) in [6, 6.07) is 0. The van der Waals surface area contributed by atoms with Crippen LogP contribution in [0.25, 0.3) is 0 Å². The predicted octanol–water partition coefficient (Wildman–Crippen LogP) is 0.162. The highest BCUT2D eigenvalue weighted by molar-refractivity contribution is 7.93. The zero-order valence-corrected chi connectivity index (χ0v) is 4.20. The highest BCUT2D eigenvalue weighted by Gasteiger charge is 1.73. The largest absolute Gasteiger partial charge is 0.368 e. The van der Waals surface area contributed by atoms with Gasteiger partial charge in [0, 0.05) is 18.3 Å². The van der Waals surface area contributed by atoms with Crippen LogP contribution in [0.2, 0.25) is 0 Å². The normalized spacial score (nSPS) is 9.00. The van der Waals surface area contributed by atoms with E-state index < -0.39 is 0 Å². The van der Waals surface area contributed by atoms with Gasteiger partial charge in [0.25, 0.3) is 0 Å². The second-order valence-electron chi connectivity index (χ2n) is 0.482. The first-order chi connectivity index (χ1) is 2.91. The number of hydrogen-bond donors (Lipinski definition) is 1. The van der Waals surface area contributed by atoms with E-state index in [2.05, 4.69) is 9.22 Å². The summed E-state index contributed by atoms with van der Waals surface area (Å²) in [6.45, 7) is -0.388. The van der Waals surface area contributed by atoms with E-state index in [0.717, 1.165) is 12.0 Å². The van der Waals surface area contributed by atoms with Crippen molar-refractivity contribution in [2.24, 2.45) is 0 Å². The van der Waals surface area contributed by atoms with Gasteiger partial charge in [0.2, 0.25) is 0 Å². The number of aliphatic hydroxyl groups is 1. The van der Waals surface area contributed by atoms with E-state index in [0.29, 0.717) is 0 Å². The van der Waals surface area contributed by atoms with Crippen LogP contribution in [0, 0.1) is 0 Å². The van der Waals surface area contributed by atoms with Crippen LogP contribution in [0.4, 0.5) is 0 Å². The molecular weight excluding hydrogens is 104 g/mol. The lowest BCUT2D eigenvalue weighted by molar-refractivity contribution is -0.240. The number of rotatable bonds is 3. The van der Waals surface area contributed by atoms with Gasteiger partial charge in [0.1, 0.15) is 0 Å². The second kappa shape index (κ2) is 5.23. The van der Waals surface area contributed by atoms with Crippen LogP contribution >= 0.6 is 12.0 Å². The molecule has 3 nitrogen and oxygen atoms in total. The molecule has 0 saturated carbocycles. The minimum absolute atomic E-state index is 0.388. The number of hydrogen-bond acceptors (Lipinski definition) is 4. The molecule has 38 valence electrons. The van der Waals surface area contributed by atoms with E-state index in [1.165, 1.54) is 0 Å². The van der Waals surface area contributed by atoms with E-state index >= 15 is 0 Å². The summed E-state index contributed by atoms with van der Waals surface area (Å²) in [6.07, 6.45) is 1.69. The summed E-state index contributed by atoms with van der Waals surface area (Å²) in [5.41, 5.74) is 0. The molecule has 6 heavy (non-hydrogen) atoms. The lowest BCUT2D eigenvalue weighted by Gasteiger charge is -1.89. The maximum Gasteiger partial charge on any atom is 0.179 e. The Morgan fingerprint density at radius 1 is 1.83 bits per heavy atom. The lowest BCUT2D eigenvalue weighted by Crippen LogP contribution is -1.85. The maximum absolute atomic E-state index is 7.84. The van der Waals surface area contributed by atoms with E-state index in [-0.39, 0.29) is 6.79 Å². The summed E-state index contributed by atoms with van der Waals surface area (Å²) in [4.78, 5) is 4.00. The Kier molecular flexibility index (Phi) is 5.43. The van der Waals surface area contributed by atoms with Crippen molar-refractivity contribution in [1.29, 1.82) is 0 Å². The third kappa shape index (κ3) is 4.23. The monoisotopic (exact) mass is 110 g/mol. The molecule has 1 N–H and O–H groups in total. The molecule has 4 heteroatoms. The van der Waals surface area contributed by atoms with Gasteiger partial charge in [-0.3, -0.25) is 0 Å². The van der Waals surface area contributed by atoms with E-state index in [4.69, 9.17) is 5.11 Å². The van der Waals surface area contributed by atoms with Crippen molar-refractivity contribution in [1.82, 2.24) is 0 Å². The van der Waals surface area contributed by atoms with Crippen LogP contribution in [-0.4, -0.2) is 18.2 Å². The average molecular weight is 110 g/mol. The van der Waals surface area contributed by atoms with Crippen LogP contribution in [0.3, 0.4) is 0 Å². The highest BCUT2D eigenvalue weighted by Crippen LogP contribution is 1.92. The fourth-order valence-corrected chi connectivity index (χ4v) is 0.209. The van der Waals surface area contributed by atoms with Crippen molar-refractivity contribution in [3.63, 3.8) is 0 Å². The molecule has 0 aromatic carbocycles. The third-order valence-electron chi connectivity index (χ3n) is 0.169. The molecule has 0 heterocycles. The molecule has 0 aliphatic rings. The molecule has 0 aromatic rings. The Labute approximate surface area is 40.4 Å². The van der Waals surface area contributed by atoms with E-state index in [1.807, 2.05) is 0 Å². The molecule has 0 fully saturated rings. The fraction of sp³-hybridized carbons (Fsp3) is 1.00. The molecule has 0 rings (SSSR count). The molecule has 0 spiro atoms. The molecule has 0 amide bonds. The third-order valence-corrected chi connectivity index (χ3v) is 0.401. The summed E-state index contributed by atoms with van der Waals surface area (Å²) in [7, 11) is 0. The van der Waals surface area contributed by atoms with Gasteiger partial charge >= 0.3 is 0 Å². The fourth-order valence-electron chi connectivity index (χ4n) is 0.0696. The molecule has 0 aliphatic carbocycles. The van der Waals surface area contributed by atoms with Crippen LogP contribution in [0.1, 0.15) is 0 Å². The lowest BCUT2D eigenvalue weighted by atomic mass is 11.5. The van der Waals surface area contributed by atoms with Gasteiger partial charge in [0.05, 0.1) is 0 Å². The molecule has 0 aromatic heterocycles. The topological polar surface area (TPSA) is 38.7 Å². The van der Waals surface area contributed by atoms with Gasteiger partial charge in [-0.1, -0.05) is 0 Å². The van der Waals surface area contributed by atoms with Crippen LogP contribution in [0.15, 0.2) is 0 Å². The summed E-state index contributed by atoms with van der Waals surface area (Å²) >= 11 is 1.04. The van der Waals surface area contributed by atoms with Gasteiger partial charge in [0.15, 0.2) is 6.79 Å². The van der Waals surface area contributed by atoms with Crippen molar-refractivity contribution in [2.75, 3.05) is 13.0 Å². The Morgan fingerprint density at radius 2 is 2.50 bits per heavy atom. The minimum atomic E-state index is -0.388. The number of aliphatic hydroxyl groups excluding tert-OH is 1. The zero-order valence-electron chi connectivity index (χ0n) is 3.38. The standard InChI is InChI=1S/C2H6O3S/c1-6-5-4-2-3/h3H,2H2,1H3. The van der Waals surface area contributed by atoms with Crippen molar-refractivity contribution in [2.45, 2.75) is 0 Å². The highest BCUT2D eigenvalue weighted by atomic mass is 32.2. The molecule has 0 unspecified atom stereocenters. The van der Waals surface area contributed by atoms with Crippen LogP contribution in [-0.2, 0) is 9.22 Å². The molecule has 0 saturated heterocycles. The summed E-state index contributed by atoms with van der Waals surface area (Å²) < 4.78 is 4.15. The van der Waals surface area contributed by atoms with Crippen LogP contribution < -0.4 is 0 Å². The molecule has 0 bridgehead atoms. The van der Waals surface area contributed by atoms with Gasteiger partial charge in [-0.15, -0.1) is 0 Å². The summed E-state index contributed by atoms with van der Waals surface area (Å²) in [5.74, 6) is 0. The summed E-state index contributed by atoms with van der Waals surface area (Å²) in [5, 5.41) is 7.84. The molecule has 0 atom stereocenters. The van der Waals surface area contributed by atoms with Crippen molar-refractivity contribution in [3.05, 3.63) is 0 Å². The van der Waals surface area contributed by atoms with E-state index in [1.54, 1.807) is 6.26 Å². The minimum Gasteiger partial charge on any atom is -0.368 e. The average Bonchev–Trinajstić information content (AvgIpc) is 1.61. The first-order valence-corrected chi connectivity index (χ1v) is 2.50. The van der Waals surface area contributed by atoms with Crippen LogP contribution in [0.5, 0.6) is 0 Å². The molecule has 0 aliphatic heterocycles. The maximum atomic E-state index is 7.84. The first kappa shape index (κ1) is 6.23. The quantitative estimate of drug-likeness (QED) is 0.185. The van der Waals surface area contributed by atoms with Gasteiger partial charge in [-0.25, -0.2) is 0 Å². The van der Waals surface area contributed by atoms with E-state index in [9.17, 15) is 0 Å². The zero-order chi connectivity index (χ0) is 4.83.